The van der Waals surface area contributed by atoms with Crippen LogP contribution in [0, 0.1) is 6.42 Å². The third kappa shape index (κ3) is 1.23. The third-order valence-corrected chi connectivity index (χ3v) is 2.28. The van der Waals surface area contributed by atoms with Gasteiger partial charge in [0.2, 0.25) is 0 Å². The first kappa shape index (κ1) is 5.71. The molecule has 0 aliphatic heterocycles. The van der Waals surface area contributed by atoms with E-state index in [0.717, 1.165) is 12.8 Å². The zero-order chi connectivity index (χ0) is 5.28. The van der Waals surface area contributed by atoms with Crippen molar-refractivity contribution in [1.29, 1.82) is 0 Å². The Bertz CT molecular complexity index is 55.1. The van der Waals surface area contributed by atoms with Gasteiger partial charge in [0, 0.05) is 0 Å². The van der Waals surface area contributed by atoms with Gasteiger partial charge in [-0.3, -0.25) is 0 Å². The molecule has 0 bridgehead atoms. The molecule has 0 aromatic rings. The molecule has 1 rings (SSSR count). The van der Waals surface area contributed by atoms with Gasteiger partial charge in [0.15, 0.2) is 0 Å². The van der Waals surface area contributed by atoms with E-state index in [1.165, 1.54) is 0 Å². The molecular weight excluding hydrogens is 131 g/mol. The van der Waals surface area contributed by atoms with Crippen LogP contribution in [0.4, 0.5) is 0 Å². The SMILES string of the molecule is Cl[C@H]1[CH]CC[C@@H]1Cl. The van der Waals surface area contributed by atoms with E-state index in [0.29, 0.717) is 0 Å². The van der Waals surface area contributed by atoms with Crippen LogP contribution in [0.5, 0.6) is 0 Å². The zero-order valence-electron chi connectivity index (χ0n) is 3.90. The molecule has 1 radical (unpaired) electrons. The average Bonchev–Trinajstić information content (AvgIpc) is 1.91. The van der Waals surface area contributed by atoms with E-state index >= 15 is 0 Å². The molecule has 0 nitrogen and oxygen atoms in total. The first-order chi connectivity index (χ1) is 3.30. The van der Waals surface area contributed by atoms with Crippen LogP contribution in [0.15, 0.2) is 0 Å². The molecule has 41 valence electrons. The van der Waals surface area contributed by atoms with Crippen LogP contribution in [0.1, 0.15) is 12.8 Å². The highest BCUT2D eigenvalue weighted by Gasteiger charge is 2.22. The fraction of sp³-hybridized carbons (Fsp3) is 0.800. The summed E-state index contributed by atoms with van der Waals surface area (Å²) in [5.74, 6) is 0. The molecule has 0 aromatic carbocycles. The van der Waals surface area contributed by atoms with E-state index in [2.05, 4.69) is 6.42 Å². The van der Waals surface area contributed by atoms with Crippen molar-refractivity contribution in [3.63, 3.8) is 0 Å². The summed E-state index contributed by atoms with van der Waals surface area (Å²) in [6.45, 7) is 0. The summed E-state index contributed by atoms with van der Waals surface area (Å²) in [4.78, 5) is 0. The third-order valence-electron chi connectivity index (χ3n) is 1.18. The number of hydrogen-bond donors (Lipinski definition) is 0. The summed E-state index contributed by atoms with van der Waals surface area (Å²) in [7, 11) is 0. The molecule has 1 aliphatic rings. The number of halogens is 2. The van der Waals surface area contributed by atoms with Crippen LogP contribution in [-0.2, 0) is 0 Å². The average molecular weight is 138 g/mol. The summed E-state index contributed by atoms with van der Waals surface area (Å²) in [5.41, 5.74) is 0. The van der Waals surface area contributed by atoms with E-state index in [-0.39, 0.29) is 10.8 Å². The van der Waals surface area contributed by atoms with E-state index in [4.69, 9.17) is 23.2 Å². The fourth-order valence-electron chi connectivity index (χ4n) is 0.722. The van der Waals surface area contributed by atoms with Crippen molar-refractivity contribution in [3.05, 3.63) is 6.42 Å². The summed E-state index contributed by atoms with van der Waals surface area (Å²) in [5, 5.41) is 0.323. The molecule has 0 unspecified atom stereocenters. The van der Waals surface area contributed by atoms with Crippen molar-refractivity contribution < 1.29 is 0 Å². The second kappa shape index (κ2) is 2.23. The largest absolute Gasteiger partial charge is 0.121 e. The van der Waals surface area contributed by atoms with Gasteiger partial charge in [-0.05, 0) is 19.3 Å². The maximum absolute atomic E-state index is 5.70. The lowest BCUT2D eigenvalue weighted by atomic mass is 10.4. The van der Waals surface area contributed by atoms with Crippen molar-refractivity contribution in [2.75, 3.05) is 0 Å². The van der Waals surface area contributed by atoms with Gasteiger partial charge >= 0.3 is 0 Å². The van der Waals surface area contributed by atoms with Crippen molar-refractivity contribution in [3.8, 4) is 0 Å². The smallest absolute Gasteiger partial charge is 0.0531 e. The fourth-order valence-corrected chi connectivity index (χ4v) is 1.20. The maximum atomic E-state index is 5.70. The first-order valence-corrected chi connectivity index (χ1v) is 3.29. The Hall–Kier alpha value is 0.580. The van der Waals surface area contributed by atoms with Crippen molar-refractivity contribution in [2.45, 2.75) is 23.6 Å². The predicted octanol–water partition coefficient (Wildman–Crippen LogP) is 2.20. The molecule has 1 saturated carbocycles. The van der Waals surface area contributed by atoms with Crippen molar-refractivity contribution >= 4 is 23.2 Å². The van der Waals surface area contributed by atoms with Gasteiger partial charge < -0.3 is 0 Å². The number of hydrogen-bond acceptors (Lipinski definition) is 0. The van der Waals surface area contributed by atoms with Crippen LogP contribution in [0.25, 0.3) is 0 Å². The van der Waals surface area contributed by atoms with Crippen LogP contribution >= 0.6 is 23.2 Å². The van der Waals surface area contributed by atoms with Crippen LogP contribution < -0.4 is 0 Å². The van der Waals surface area contributed by atoms with Crippen molar-refractivity contribution in [2.24, 2.45) is 0 Å². The molecule has 0 aromatic heterocycles. The van der Waals surface area contributed by atoms with Gasteiger partial charge in [-0.25, -0.2) is 0 Å². The topological polar surface area (TPSA) is 0 Å². The Labute approximate surface area is 53.8 Å². The van der Waals surface area contributed by atoms with E-state index in [9.17, 15) is 0 Å². The van der Waals surface area contributed by atoms with Gasteiger partial charge in [0.25, 0.3) is 0 Å². The summed E-state index contributed by atoms with van der Waals surface area (Å²) in [6.07, 6.45) is 4.19. The van der Waals surface area contributed by atoms with Crippen LogP contribution in [-0.4, -0.2) is 10.8 Å². The highest BCUT2D eigenvalue weighted by Crippen LogP contribution is 2.27. The molecule has 0 spiro atoms. The second-order valence-corrected chi connectivity index (χ2v) is 2.84. The highest BCUT2D eigenvalue weighted by atomic mass is 35.5. The molecule has 2 heteroatoms. The lowest BCUT2D eigenvalue weighted by molar-refractivity contribution is 0.898. The van der Waals surface area contributed by atoms with Gasteiger partial charge in [-0.15, -0.1) is 23.2 Å². The Morgan fingerprint density at radius 1 is 1.43 bits per heavy atom. The molecule has 1 aliphatic carbocycles. The lowest BCUT2D eigenvalue weighted by Crippen LogP contribution is -2.04. The van der Waals surface area contributed by atoms with Crippen LogP contribution in [0.2, 0.25) is 0 Å². The molecule has 1 fully saturated rings. The van der Waals surface area contributed by atoms with E-state index < -0.39 is 0 Å². The Morgan fingerprint density at radius 2 is 2.14 bits per heavy atom. The standard InChI is InChI=1S/C5H7Cl2/c6-4-2-1-3-5(4)7/h2,4-5H,1,3H2/t4-,5-/m0/s1. The van der Waals surface area contributed by atoms with E-state index in [1.54, 1.807) is 0 Å². The highest BCUT2D eigenvalue weighted by molar-refractivity contribution is 6.31. The molecule has 0 saturated heterocycles. The minimum absolute atomic E-state index is 0.127. The molecule has 0 amide bonds. The summed E-state index contributed by atoms with van der Waals surface area (Å²) < 4.78 is 0. The molecule has 0 heterocycles. The van der Waals surface area contributed by atoms with E-state index in [1.807, 2.05) is 0 Å². The Kier molecular flexibility index (Phi) is 1.82. The monoisotopic (exact) mass is 137 g/mol. The molecular formula is C5H7Cl2. The molecule has 0 N–H and O–H groups in total. The molecule has 7 heavy (non-hydrogen) atoms. The predicted molar refractivity (Wildman–Crippen MR) is 32.8 cm³/mol. The Balaban J connectivity index is 2.33. The van der Waals surface area contributed by atoms with Gasteiger partial charge in [-0.2, -0.15) is 0 Å². The lowest BCUT2D eigenvalue weighted by Gasteiger charge is -1.99. The quantitative estimate of drug-likeness (QED) is 0.450. The number of rotatable bonds is 0. The van der Waals surface area contributed by atoms with Crippen molar-refractivity contribution in [1.82, 2.24) is 0 Å². The minimum Gasteiger partial charge on any atom is -0.121 e. The minimum atomic E-state index is 0.127. The zero-order valence-corrected chi connectivity index (χ0v) is 5.41. The summed E-state index contributed by atoms with van der Waals surface area (Å²) in [6, 6.07) is 0. The first-order valence-electron chi connectivity index (χ1n) is 2.42. The Morgan fingerprint density at radius 3 is 2.29 bits per heavy atom. The second-order valence-electron chi connectivity index (χ2n) is 1.77. The molecule has 2 atom stereocenters. The normalized spacial score (nSPS) is 42.0. The van der Waals surface area contributed by atoms with Crippen LogP contribution in [0.3, 0.4) is 0 Å². The van der Waals surface area contributed by atoms with Gasteiger partial charge in [0.1, 0.15) is 0 Å². The maximum Gasteiger partial charge on any atom is 0.0531 e. The summed E-state index contributed by atoms with van der Waals surface area (Å²) >= 11 is 11.4. The number of alkyl halides is 2. The van der Waals surface area contributed by atoms with Gasteiger partial charge in [-0.1, -0.05) is 0 Å². The van der Waals surface area contributed by atoms with Gasteiger partial charge in [0.05, 0.1) is 10.8 Å².